The molecule has 0 aliphatic rings. The van der Waals surface area contributed by atoms with E-state index in [-0.39, 0.29) is 28.9 Å². The number of nitrogens with two attached hydrogens (primary N) is 1. The van der Waals surface area contributed by atoms with Crippen LogP contribution in [0.2, 0.25) is 0 Å². The molecule has 0 spiro atoms. The maximum Gasteiger partial charge on any atom is 0.238 e. The van der Waals surface area contributed by atoms with Crippen LogP contribution in [-0.2, 0) is 29.5 Å². The van der Waals surface area contributed by atoms with E-state index in [0.29, 0.717) is 25.6 Å². The molecule has 0 atom stereocenters. The summed E-state index contributed by atoms with van der Waals surface area (Å²) in [5.74, 6) is 1.51. The van der Waals surface area contributed by atoms with Gasteiger partial charge >= 0.3 is 0 Å². The molecule has 2 aromatic heterocycles. The van der Waals surface area contributed by atoms with Crippen LogP contribution >= 0.6 is 24.0 Å². The Hall–Kier alpha value is -2.44. The van der Waals surface area contributed by atoms with Crippen molar-refractivity contribution in [2.24, 2.45) is 10.1 Å². The second-order valence-electron chi connectivity index (χ2n) is 6.28. The van der Waals surface area contributed by atoms with Crippen LogP contribution in [0.5, 0.6) is 0 Å². The van der Waals surface area contributed by atoms with E-state index in [9.17, 15) is 8.42 Å². The Balaban J connectivity index is 0.00000320. The van der Waals surface area contributed by atoms with E-state index in [0.717, 1.165) is 23.4 Å². The lowest BCUT2D eigenvalue weighted by Gasteiger charge is -2.12. The highest BCUT2D eigenvalue weighted by Gasteiger charge is 2.07. The predicted molar refractivity (Wildman–Crippen MR) is 126 cm³/mol. The zero-order valence-corrected chi connectivity index (χ0v) is 19.3. The Morgan fingerprint density at radius 1 is 1.07 bits per heavy atom. The average molecular weight is 541 g/mol. The highest BCUT2D eigenvalue weighted by Crippen LogP contribution is 2.09. The van der Waals surface area contributed by atoms with E-state index in [1.165, 1.54) is 12.1 Å². The van der Waals surface area contributed by atoms with Gasteiger partial charge in [0.25, 0.3) is 0 Å². The molecule has 0 aliphatic carbocycles. The molecule has 0 bridgehead atoms. The molecule has 30 heavy (non-hydrogen) atoms. The molecule has 4 N–H and O–H groups in total. The number of halogens is 1. The second kappa shape index (κ2) is 11.7. The number of benzene rings is 1. The van der Waals surface area contributed by atoms with Gasteiger partial charge in [-0.05, 0) is 42.0 Å². The molecule has 0 aliphatic heterocycles. The molecule has 0 radical (unpaired) electrons. The maximum absolute atomic E-state index is 11.4. The third-order valence-electron chi connectivity index (χ3n) is 4.08. The molecule has 0 fully saturated rings. The average Bonchev–Trinajstić information content (AvgIpc) is 3.23. The zero-order chi connectivity index (χ0) is 20.5. The number of furan rings is 1. The largest absolute Gasteiger partial charge is 0.469 e. The van der Waals surface area contributed by atoms with Crippen molar-refractivity contribution in [3.8, 4) is 0 Å². The Kier molecular flexibility index (Phi) is 9.27. The summed E-state index contributed by atoms with van der Waals surface area (Å²) in [6, 6.07) is 15.9. The van der Waals surface area contributed by atoms with E-state index in [1.807, 2.05) is 30.3 Å². The molecule has 3 aromatic rings. The van der Waals surface area contributed by atoms with Crippen molar-refractivity contribution in [3.63, 3.8) is 0 Å². The number of guanidine groups is 1. The smallest absolute Gasteiger partial charge is 0.238 e. The lowest BCUT2D eigenvalue weighted by Crippen LogP contribution is -2.38. The fraction of sp³-hybridized carbons (Fsp3) is 0.200. The van der Waals surface area contributed by atoms with Crippen LogP contribution < -0.4 is 15.8 Å². The molecule has 3 rings (SSSR count). The summed E-state index contributed by atoms with van der Waals surface area (Å²) < 4.78 is 28.1. The second-order valence-corrected chi connectivity index (χ2v) is 7.85. The Labute approximate surface area is 193 Å². The monoisotopic (exact) mass is 541 g/mol. The number of primary sulfonamides is 1. The minimum atomic E-state index is -3.70. The summed E-state index contributed by atoms with van der Waals surface area (Å²) in [7, 11) is -3.70. The molecule has 2 heterocycles. The van der Waals surface area contributed by atoms with Crippen LogP contribution in [0.1, 0.15) is 17.0 Å². The summed E-state index contributed by atoms with van der Waals surface area (Å²) in [5, 5.41) is 11.7. The first-order valence-electron chi connectivity index (χ1n) is 9.07. The molecule has 0 unspecified atom stereocenters. The SMILES string of the molecule is I.NS(=O)(=O)c1ccc(CN=C(NCCc2ccco2)NCc2ccccn2)cc1. The van der Waals surface area contributed by atoms with E-state index in [2.05, 4.69) is 20.6 Å². The molecule has 0 amide bonds. The van der Waals surface area contributed by atoms with E-state index in [1.54, 1.807) is 24.6 Å². The highest BCUT2D eigenvalue weighted by molar-refractivity contribution is 14.0. The zero-order valence-electron chi connectivity index (χ0n) is 16.2. The molecule has 0 saturated heterocycles. The van der Waals surface area contributed by atoms with Crippen LogP contribution in [-0.4, -0.2) is 25.9 Å². The highest BCUT2D eigenvalue weighted by atomic mass is 127. The van der Waals surface area contributed by atoms with Gasteiger partial charge in [-0.15, -0.1) is 24.0 Å². The first-order valence-corrected chi connectivity index (χ1v) is 10.6. The van der Waals surface area contributed by atoms with Gasteiger partial charge in [0, 0.05) is 19.2 Å². The van der Waals surface area contributed by atoms with Crippen LogP contribution in [0.4, 0.5) is 0 Å². The van der Waals surface area contributed by atoms with Crippen molar-refractivity contribution >= 4 is 40.0 Å². The van der Waals surface area contributed by atoms with E-state index in [4.69, 9.17) is 9.56 Å². The summed E-state index contributed by atoms with van der Waals surface area (Å²) >= 11 is 0. The molecule has 8 nitrogen and oxygen atoms in total. The van der Waals surface area contributed by atoms with E-state index >= 15 is 0 Å². The van der Waals surface area contributed by atoms with Crippen molar-refractivity contribution < 1.29 is 12.8 Å². The van der Waals surface area contributed by atoms with Crippen LogP contribution in [0.15, 0.2) is 81.4 Å². The summed E-state index contributed by atoms with van der Waals surface area (Å²) in [6.45, 7) is 1.55. The van der Waals surface area contributed by atoms with Crippen LogP contribution in [0, 0.1) is 0 Å². The standard InChI is InChI=1S/C20H23N5O3S.HI/c21-29(26,27)19-8-6-16(7-9-19)14-24-20(23-12-10-18-5-3-13-28-18)25-15-17-4-1-2-11-22-17;/h1-9,11,13H,10,12,14-15H2,(H2,21,26,27)(H2,23,24,25);1H. The van der Waals surface area contributed by atoms with E-state index < -0.39 is 10.0 Å². The number of pyridine rings is 1. The van der Waals surface area contributed by atoms with Gasteiger partial charge in [-0.25, -0.2) is 18.5 Å². The normalized spacial score (nSPS) is 11.6. The number of hydrogen-bond acceptors (Lipinski definition) is 5. The van der Waals surface area contributed by atoms with Crippen LogP contribution in [0.3, 0.4) is 0 Å². The van der Waals surface area contributed by atoms with Gasteiger partial charge < -0.3 is 15.1 Å². The van der Waals surface area contributed by atoms with Gasteiger partial charge in [-0.2, -0.15) is 0 Å². The van der Waals surface area contributed by atoms with Crippen molar-refractivity contribution in [1.82, 2.24) is 15.6 Å². The topological polar surface area (TPSA) is 123 Å². The number of nitrogens with zero attached hydrogens (tertiary/aromatic N) is 2. The van der Waals surface area contributed by atoms with Crippen molar-refractivity contribution in [2.75, 3.05) is 6.54 Å². The van der Waals surface area contributed by atoms with Gasteiger partial charge in [0.05, 0.1) is 29.9 Å². The minimum Gasteiger partial charge on any atom is -0.469 e. The van der Waals surface area contributed by atoms with Gasteiger partial charge in [-0.3, -0.25) is 4.98 Å². The van der Waals surface area contributed by atoms with Crippen molar-refractivity contribution in [2.45, 2.75) is 24.4 Å². The molecule has 10 heteroatoms. The van der Waals surface area contributed by atoms with Gasteiger partial charge in [-0.1, -0.05) is 18.2 Å². The third kappa shape index (κ3) is 7.76. The molecule has 160 valence electrons. The number of nitrogens with one attached hydrogen (secondary N) is 2. The van der Waals surface area contributed by atoms with Crippen molar-refractivity contribution in [1.29, 1.82) is 0 Å². The number of aliphatic imine (C=N–C) groups is 1. The molecular weight excluding hydrogens is 517 g/mol. The molecule has 0 saturated carbocycles. The number of rotatable bonds is 8. The summed E-state index contributed by atoms with van der Waals surface area (Å²) in [6.07, 6.45) is 4.11. The number of sulfonamides is 1. The van der Waals surface area contributed by atoms with Gasteiger partial charge in [0.2, 0.25) is 10.0 Å². The first-order chi connectivity index (χ1) is 14.0. The predicted octanol–water partition coefficient (Wildman–Crippen LogP) is 2.42. The van der Waals surface area contributed by atoms with Crippen molar-refractivity contribution in [3.05, 3.63) is 84.1 Å². The minimum absolute atomic E-state index is 0. The summed E-state index contributed by atoms with van der Waals surface area (Å²) in [5.41, 5.74) is 1.76. The molecular formula is C20H24IN5O3S. The Morgan fingerprint density at radius 2 is 1.87 bits per heavy atom. The fourth-order valence-electron chi connectivity index (χ4n) is 2.57. The van der Waals surface area contributed by atoms with Gasteiger partial charge in [0.15, 0.2) is 5.96 Å². The lowest BCUT2D eigenvalue weighted by molar-refractivity contribution is 0.506. The first kappa shape index (κ1) is 23.8. The fourth-order valence-corrected chi connectivity index (χ4v) is 3.08. The number of hydrogen-bond donors (Lipinski definition) is 3. The quantitative estimate of drug-likeness (QED) is 0.229. The summed E-state index contributed by atoms with van der Waals surface area (Å²) in [4.78, 5) is 8.95. The van der Waals surface area contributed by atoms with Gasteiger partial charge in [0.1, 0.15) is 5.76 Å². The Bertz CT molecular complexity index is 1020. The lowest BCUT2D eigenvalue weighted by atomic mass is 10.2. The van der Waals surface area contributed by atoms with Crippen LogP contribution in [0.25, 0.3) is 0 Å². The molecule has 1 aromatic carbocycles. The third-order valence-corrected chi connectivity index (χ3v) is 5.01. The Morgan fingerprint density at radius 3 is 2.50 bits per heavy atom. The number of aromatic nitrogens is 1. The maximum atomic E-state index is 11.4.